The lowest BCUT2D eigenvalue weighted by molar-refractivity contribution is 0.391. The van der Waals surface area contributed by atoms with Crippen LogP contribution in [0.4, 0.5) is 0 Å². The van der Waals surface area contributed by atoms with E-state index in [9.17, 15) is 0 Å². The van der Waals surface area contributed by atoms with E-state index in [1.54, 1.807) is 0 Å². The Morgan fingerprint density at radius 2 is 1.82 bits per heavy atom. The molecule has 0 fully saturated rings. The number of rotatable bonds is 0. The molecule has 2 heteroatoms. The third-order valence-electron chi connectivity index (χ3n) is 1.70. The maximum Gasteiger partial charge on any atom is 0.109 e. The number of halogens is 1. The molecule has 0 aliphatic rings. The van der Waals surface area contributed by atoms with Crippen LogP contribution in [0.25, 0.3) is 0 Å². The highest BCUT2D eigenvalue weighted by Crippen LogP contribution is 2.24. The minimum Gasteiger partial charge on any atom is -0.331 e. The maximum absolute atomic E-state index is 5.99. The van der Waals surface area contributed by atoms with E-state index in [0.29, 0.717) is 0 Å². The summed E-state index contributed by atoms with van der Waals surface area (Å²) >= 11 is 5.99. The van der Waals surface area contributed by atoms with Crippen LogP contribution in [-0.4, -0.2) is 4.57 Å². The second-order valence-corrected chi connectivity index (χ2v) is 4.19. The summed E-state index contributed by atoms with van der Waals surface area (Å²) in [5.41, 5.74) is 1.30. The van der Waals surface area contributed by atoms with Crippen LogP contribution >= 0.6 is 11.6 Å². The fourth-order valence-electron chi connectivity index (χ4n) is 1.36. The Morgan fingerprint density at radius 3 is 2.00 bits per heavy atom. The molecule has 0 bridgehead atoms. The third-order valence-corrected chi connectivity index (χ3v) is 1.99. The van der Waals surface area contributed by atoms with Crippen molar-refractivity contribution in [1.82, 2.24) is 4.57 Å². The fraction of sp³-hybridized carbons (Fsp3) is 0.556. The second kappa shape index (κ2) is 2.56. The summed E-state index contributed by atoms with van der Waals surface area (Å²) in [7, 11) is 0. The predicted octanol–water partition coefficient (Wildman–Crippen LogP) is 3.20. The molecular formula is C9H14ClN. The first-order valence-electron chi connectivity index (χ1n) is 3.77. The lowest BCUT2D eigenvalue weighted by Gasteiger charge is -2.24. The first-order chi connectivity index (χ1) is 4.93. The smallest absolute Gasteiger partial charge is 0.109 e. The van der Waals surface area contributed by atoms with Crippen molar-refractivity contribution < 1.29 is 0 Å². The molecule has 0 unspecified atom stereocenters. The first kappa shape index (κ1) is 8.66. The van der Waals surface area contributed by atoms with Gasteiger partial charge < -0.3 is 4.57 Å². The molecule has 0 saturated carbocycles. The van der Waals surface area contributed by atoms with Gasteiger partial charge in [-0.15, -0.1) is 0 Å². The number of hydrogen-bond donors (Lipinski definition) is 0. The molecule has 1 nitrogen and oxygen atoms in total. The van der Waals surface area contributed by atoms with Gasteiger partial charge in [-0.1, -0.05) is 11.6 Å². The van der Waals surface area contributed by atoms with Crippen molar-refractivity contribution in [2.24, 2.45) is 0 Å². The summed E-state index contributed by atoms with van der Waals surface area (Å²) in [6.07, 6.45) is 0. The summed E-state index contributed by atoms with van der Waals surface area (Å²) in [4.78, 5) is 0. The van der Waals surface area contributed by atoms with Gasteiger partial charge in [0.1, 0.15) is 5.15 Å². The Bertz CT molecular complexity index is 236. The highest BCUT2D eigenvalue weighted by atomic mass is 35.5. The van der Waals surface area contributed by atoms with Gasteiger partial charge in [0.15, 0.2) is 0 Å². The molecule has 0 N–H and O–H groups in total. The average Bonchev–Trinajstić information content (AvgIpc) is 2.08. The van der Waals surface area contributed by atoms with E-state index in [-0.39, 0.29) is 5.54 Å². The number of hydrogen-bond acceptors (Lipinski definition) is 0. The molecule has 1 aromatic rings. The van der Waals surface area contributed by atoms with Gasteiger partial charge in [-0.05, 0) is 39.8 Å². The average molecular weight is 172 g/mol. The van der Waals surface area contributed by atoms with E-state index >= 15 is 0 Å². The van der Waals surface area contributed by atoms with E-state index in [2.05, 4.69) is 32.3 Å². The molecule has 0 aliphatic heterocycles. The molecule has 62 valence electrons. The van der Waals surface area contributed by atoms with Crippen LogP contribution in [-0.2, 0) is 5.54 Å². The van der Waals surface area contributed by atoms with E-state index in [0.717, 1.165) is 5.15 Å². The molecule has 0 amide bonds. The van der Waals surface area contributed by atoms with Gasteiger partial charge in [0.2, 0.25) is 0 Å². The van der Waals surface area contributed by atoms with Crippen LogP contribution in [0.1, 0.15) is 26.5 Å². The molecule has 0 saturated heterocycles. The van der Waals surface area contributed by atoms with Gasteiger partial charge in [-0.3, -0.25) is 0 Å². The number of aromatic nitrogens is 1. The van der Waals surface area contributed by atoms with Crippen LogP contribution in [0, 0.1) is 6.92 Å². The minimum atomic E-state index is 0.0880. The van der Waals surface area contributed by atoms with Gasteiger partial charge in [-0.25, -0.2) is 0 Å². The predicted molar refractivity (Wildman–Crippen MR) is 49.2 cm³/mol. The van der Waals surface area contributed by atoms with Gasteiger partial charge in [-0.2, -0.15) is 0 Å². The van der Waals surface area contributed by atoms with Crippen molar-refractivity contribution >= 4 is 11.6 Å². The summed E-state index contributed by atoms with van der Waals surface area (Å²) < 4.78 is 2.12. The number of nitrogens with zero attached hydrogens (tertiary/aromatic N) is 1. The van der Waals surface area contributed by atoms with Crippen LogP contribution in [0.5, 0.6) is 0 Å². The summed E-state index contributed by atoms with van der Waals surface area (Å²) in [5, 5.41) is 0.815. The molecule has 0 spiro atoms. The summed E-state index contributed by atoms with van der Waals surface area (Å²) in [6.45, 7) is 8.50. The lowest BCUT2D eigenvalue weighted by atomic mass is 10.1. The van der Waals surface area contributed by atoms with Crippen LogP contribution < -0.4 is 0 Å². The lowest BCUT2D eigenvalue weighted by Crippen LogP contribution is -2.22. The summed E-state index contributed by atoms with van der Waals surface area (Å²) in [6, 6.07) is 3.97. The zero-order chi connectivity index (χ0) is 8.65. The highest BCUT2D eigenvalue weighted by Gasteiger charge is 2.16. The standard InChI is InChI=1S/C9H14ClN/c1-7-5-6-8(10)11(7)9(2,3)4/h5-6H,1-4H3. The van der Waals surface area contributed by atoms with Gasteiger partial charge in [0, 0.05) is 11.2 Å². The Balaban J connectivity index is 3.21. The molecule has 11 heavy (non-hydrogen) atoms. The van der Waals surface area contributed by atoms with E-state index in [1.165, 1.54) is 5.69 Å². The quantitative estimate of drug-likeness (QED) is 0.565. The molecule has 0 atom stereocenters. The first-order valence-corrected chi connectivity index (χ1v) is 4.15. The Kier molecular flexibility index (Phi) is 2.02. The minimum absolute atomic E-state index is 0.0880. The highest BCUT2D eigenvalue weighted by molar-refractivity contribution is 6.29. The van der Waals surface area contributed by atoms with Gasteiger partial charge in [0.25, 0.3) is 0 Å². The van der Waals surface area contributed by atoms with Crippen molar-refractivity contribution in [2.75, 3.05) is 0 Å². The second-order valence-electron chi connectivity index (χ2n) is 3.80. The van der Waals surface area contributed by atoms with Crippen LogP contribution in [0.3, 0.4) is 0 Å². The van der Waals surface area contributed by atoms with Crippen molar-refractivity contribution in [2.45, 2.75) is 33.2 Å². The zero-order valence-corrected chi connectivity index (χ0v) is 8.24. The number of aryl methyl sites for hydroxylation is 1. The molecule has 1 aromatic heterocycles. The maximum atomic E-state index is 5.99. The SMILES string of the molecule is Cc1ccc(Cl)n1C(C)(C)C. The zero-order valence-electron chi connectivity index (χ0n) is 7.48. The monoisotopic (exact) mass is 171 g/mol. The van der Waals surface area contributed by atoms with Crippen molar-refractivity contribution in [1.29, 1.82) is 0 Å². The largest absolute Gasteiger partial charge is 0.331 e. The summed E-state index contributed by atoms with van der Waals surface area (Å²) in [5.74, 6) is 0. The van der Waals surface area contributed by atoms with Crippen molar-refractivity contribution in [3.63, 3.8) is 0 Å². The van der Waals surface area contributed by atoms with Crippen molar-refractivity contribution in [3.05, 3.63) is 23.0 Å². The van der Waals surface area contributed by atoms with Crippen LogP contribution in [0.15, 0.2) is 12.1 Å². The van der Waals surface area contributed by atoms with E-state index in [4.69, 9.17) is 11.6 Å². The molecule has 1 heterocycles. The molecule has 1 rings (SSSR count). The van der Waals surface area contributed by atoms with E-state index < -0.39 is 0 Å². The third kappa shape index (κ3) is 1.59. The van der Waals surface area contributed by atoms with E-state index in [1.807, 2.05) is 12.1 Å². The Morgan fingerprint density at radius 1 is 1.27 bits per heavy atom. The van der Waals surface area contributed by atoms with Crippen LogP contribution in [0.2, 0.25) is 5.15 Å². The van der Waals surface area contributed by atoms with Gasteiger partial charge in [0.05, 0.1) is 0 Å². The molecule has 0 aliphatic carbocycles. The molecule has 0 radical (unpaired) electrons. The molecule has 0 aromatic carbocycles. The Labute approximate surface area is 73.0 Å². The topological polar surface area (TPSA) is 4.93 Å². The molecular weight excluding hydrogens is 158 g/mol. The fourth-order valence-corrected chi connectivity index (χ4v) is 1.81. The van der Waals surface area contributed by atoms with Crippen molar-refractivity contribution in [3.8, 4) is 0 Å². The van der Waals surface area contributed by atoms with Gasteiger partial charge >= 0.3 is 0 Å². The normalized spacial score (nSPS) is 12.1. The Hall–Kier alpha value is -0.430.